The van der Waals surface area contributed by atoms with Crippen molar-refractivity contribution in [1.29, 1.82) is 0 Å². The number of likely N-dealkylation sites (tertiary alicyclic amines) is 1. The SMILES string of the molecule is O=C(C1CN(C(=O)Cc2ccc(N3CCCC3=O)cc2)c2ccccc2O1)N1CCCCC1. The fraction of sp³-hybridized carbons (Fsp3) is 0.423. The molecule has 33 heavy (non-hydrogen) atoms. The van der Waals surface area contributed by atoms with E-state index in [0.717, 1.165) is 56.6 Å². The number of hydrogen-bond donors (Lipinski definition) is 0. The lowest BCUT2D eigenvalue weighted by Gasteiger charge is -2.37. The Morgan fingerprint density at radius 1 is 0.909 bits per heavy atom. The minimum absolute atomic E-state index is 0.0402. The largest absolute Gasteiger partial charge is 0.476 e. The van der Waals surface area contributed by atoms with Crippen LogP contribution in [0.2, 0.25) is 0 Å². The molecule has 0 aliphatic carbocycles. The zero-order valence-electron chi connectivity index (χ0n) is 18.7. The predicted molar refractivity (Wildman–Crippen MR) is 125 cm³/mol. The molecule has 3 aliphatic heterocycles. The maximum Gasteiger partial charge on any atom is 0.265 e. The third-order valence-corrected chi connectivity index (χ3v) is 6.69. The van der Waals surface area contributed by atoms with Gasteiger partial charge in [-0.05, 0) is 55.5 Å². The van der Waals surface area contributed by atoms with Gasteiger partial charge in [0.2, 0.25) is 11.8 Å². The summed E-state index contributed by atoms with van der Waals surface area (Å²) in [6.07, 6.45) is 4.17. The quantitative estimate of drug-likeness (QED) is 0.722. The van der Waals surface area contributed by atoms with Crippen molar-refractivity contribution >= 4 is 29.1 Å². The maximum atomic E-state index is 13.3. The third kappa shape index (κ3) is 4.45. The van der Waals surface area contributed by atoms with Crippen LogP contribution in [0.15, 0.2) is 48.5 Å². The van der Waals surface area contributed by atoms with E-state index in [1.165, 1.54) is 0 Å². The number of hydrogen-bond acceptors (Lipinski definition) is 4. The molecule has 0 bridgehead atoms. The molecule has 7 nitrogen and oxygen atoms in total. The first-order valence-corrected chi connectivity index (χ1v) is 11.8. The van der Waals surface area contributed by atoms with E-state index in [1.807, 2.05) is 53.4 Å². The van der Waals surface area contributed by atoms with Crippen molar-refractivity contribution in [1.82, 2.24) is 4.90 Å². The lowest BCUT2D eigenvalue weighted by molar-refractivity contribution is -0.139. The topological polar surface area (TPSA) is 70.2 Å². The summed E-state index contributed by atoms with van der Waals surface area (Å²) in [6, 6.07) is 15.0. The first-order chi connectivity index (χ1) is 16.1. The number of carbonyl (C=O) groups excluding carboxylic acids is 3. The van der Waals surface area contributed by atoms with E-state index in [2.05, 4.69) is 0 Å². The van der Waals surface area contributed by atoms with Gasteiger partial charge in [0.05, 0.1) is 18.7 Å². The van der Waals surface area contributed by atoms with Crippen molar-refractivity contribution in [3.63, 3.8) is 0 Å². The fourth-order valence-electron chi connectivity index (χ4n) is 4.90. The molecule has 5 rings (SSSR count). The molecule has 0 spiro atoms. The second-order valence-electron chi connectivity index (χ2n) is 8.96. The second kappa shape index (κ2) is 9.25. The molecule has 2 aromatic carbocycles. The number of piperidine rings is 1. The van der Waals surface area contributed by atoms with Crippen LogP contribution in [0.5, 0.6) is 5.75 Å². The van der Waals surface area contributed by atoms with Gasteiger partial charge in [0.1, 0.15) is 5.75 Å². The molecule has 0 radical (unpaired) electrons. The molecule has 0 aromatic heterocycles. The van der Waals surface area contributed by atoms with E-state index in [1.54, 1.807) is 9.80 Å². The predicted octanol–water partition coefficient (Wildman–Crippen LogP) is 3.16. The average molecular weight is 448 g/mol. The Morgan fingerprint density at radius 3 is 2.39 bits per heavy atom. The van der Waals surface area contributed by atoms with E-state index in [0.29, 0.717) is 17.9 Å². The standard InChI is InChI=1S/C26H29N3O4/c30-24-9-6-16-28(24)20-12-10-19(11-13-20)17-25(31)29-18-23(26(32)27-14-4-1-5-15-27)33-22-8-3-2-7-21(22)29/h2-3,7-8,10-13,23H,1,4-6,9,14-18H2. The second-order valence-corrected chi connectivity index (χ2v) is 8.96. The van der Waals surface area contributed by atoms with E-state index < -0.39 is 6.10 Å². The molecule has 3 heterocycles. The van der Waals surface area contributed by atoms with Gasteiger partial charge in [-0.15, -0.1) is 0 Å². The van der Waals surface area contributed by atoms with Crippen molar-refractivity contribution in [2.24, 2.45) is 0 Å². The number of rotatable bonds is 4. The number of nitrogens with zero attached hydrogens (tertiary/aromatic N) is 3. The smallest absolute Gasteiger partial charge is 0.265 e. The molecule has 7 heteroatoms. The van der Waals surface area contributed by atoms with Crippen molar-refractivity contribution in [2.75, 3.05) is 36.0 Å². The summed E-state index contributed by atoms with van der Waals surface area (Å²) in [4.78, 5) is 43.8. The fourth-order valence-corrected chi connectivity index (χ4v) is 4.90. The monoisotopic (exact) mass is 447 g/mol. The van der Waals surface area contributed by atoms with Crippen LogP contribution in [0.1, 0.15) is 37.7 Å². The molecule has 0 saturated carbocycles. The first-order valence-electron chi connectivity index (χ1n) is 11.8. The van der Waals surface area contributed by atoms with Gasteiger partial charge in [0, 0.05) is 31.7 Å². The van der Waals surface area contributed by atoms with E-state index in [4.69, 9.17) is 4.74 Å². The minimum Gasteiger partial charge on any atom is -0.476 e. The number of carbonyl (C=O) groups is 3. The average Bonchev–Trinajstić information content (AvgIpc) is 3.29. The highest BCUT2D eigenvalue weighted by Gasteiger charge is 2.36. The van der Waals surface area contributed by atoms with Crippen molar-refractivity contribution in [3.05, 3.63) is 54.1 Å². The summed E-state index contributed by atoms with van der Waals surface area (Å²) in [6.45, 7) is 2.46. The van der Waals surface area contributed by atoms with Gasteiger partial charge in [-0.3, -0.25) is 14.4 Å². The number of anilines is 2. The Balaban J connectivity index is 1.32. The molecule has 0 N–H and O–H groups in total. The zero-order chi connectivity index (χ0) is 22.8. The molecule has 1 atom stereocenters. The van der Waals surface area contributed by atoms with Crippen molar-refractivity contribution < 1.29 is 19.1 Å². The molecule has 2 saturated heterocycles. The maximum absolute atomic E-state index is 13.3. The lowest BCUT2D eigenvalue weighted by atomic mass is 10.1. The number of benzene rings is 2. The van der Waals surface area contributed by atoms with Crippen LogP contribution in [0.25, 0.3) is 0 Å². The van der Waals surface area contributed by atoms with Crippen LogP contribution in [0, 0.1) is 0 Å². The highest BCUT2D eigenvalue weighted by Crippen LogP contribution is 2.34. The molecule has 3 amide bonds. The van der Waals surface area contributed by atoms with Crippen LogP contribution < -0.4 is 14.5 Å². The van der Waals surface area contributed by atoms with Gasteiger partial charge in [0.25, 0.3) is 5.91 Å². The summed E-state index contributed by atoms with van der Waals surface area (Å²) >= 11 is 0. The number of amides is 3. The van der Waals surface area contributed by atoms with Gasteiger partial charge in [-0.1, -0.05) is 24.3 Å². The van der Waals surface area contributed by atoms with Gasteiger partial charge >= 0.3 is 0 Å². The van der Waals surface area contributed by atoms with E-state index in [9.17, 15) is 14.4 Å². The summed E-state index contributed by atoms with van der Waals surface area (Å²) in [5, 5.41) is 0. The molecular formula is C26H29N3O4. The Hall–Kier alpha value is -3.35. The van der Waals surface area contributed by atoms with Crippen LogP contribution in [0.4, 0.5) is 11.4 Å². The summed E-state index contributed by atoms with van der Waals surface area (Å²) in [7, 11) is 0. The van der Waals surface area contributed by atoms with Gasteiger partial charge < -0.3 is 19.4 Å². The summed E-state index contributed by atoms with van der Waals surface area (Å²) in [5.74, 6) is 0.595. The van der Waals surface area contributed by atoms with Crippen LogP contribution >= 0.6 is 0 Å². The van der Waals surface area contributed by atoms with E-state index in [-0.39, 0.29) is 30.7 Å². The normalized spacial score (nSPS) is 20.4. The van der Waals surface area contributed by atoms with Crippen LogP contribution in [-0.4, -0.2) is 54.9 Å². The first kappa shape index (κ1) is 21.5. The highest BCUT2D eigenvalue weighted by atomic mass is 16.5. The molecule has 2 fully saturated rings. The zero-order valence-corrected chi connectivity index (χ0v) is 18.7. The van der Waals surface area contributed by atoms with Crippen LogP contribution in [0.3, 0.4) is 0 Å². The Bertz CT molecular complexity index is 1050. The summed E-state index contributed by atoms with van der Waals surface area (Å²) < 4.78 is 6.04. The number of ether oxygens (including phenoxy) is 1. The Kier molecular flexibility index (Phi) is 6.03. The summed E-state index contributed by atoms with van der Waals surface area (Å²) in [5.41, 5.74) is 2.44. The van der Waals surface area contributed by atoms with Gasteiger partial charge in [0.15, 0.2) is 6.10 Å². The third-order valence-electron chi connectivity index (χ3n) is 6.69. The van der Waals surface area contributed by atoms with Crippen LogP contribution in [-0.2, 0) is 20.8 Å². The van der Waals surface area contributed by atoms with Crippen molar-refractivity contribution in [2.45, 2.75) is 44.6 Å². The number of para-hydroxylation sites is 2. The lowest BCUT2D eigenvalue weighted by Crippen LogP contribution is -2.53. The molecule has 172 valence electrons. The highest BCUT2D eigenvalue weighted by molar-refractivity contribution is 5.99. The molecule has 3 aliphatic rings. The van der Waals surface area contributed by atoms with Gasteiger partial charge in [-0.2, -0.15) is 0 Å². The molecule has 2 aromatic rings. The Labute approximate surface area is 193 Å². The van der Waals surface area contributed by atoms with Crippen molar-refractivity contribution in [3.8, 4) is 5.75 Å². The number of fused-ring (bicyclic) bond motifs is 1. The van der Waals surface area contributed by atoms with E-state index >= 15 is 0 Å². The molecule has 1 unspecified atom stereocenters. The minimum atomic E-state index is -0.689. The molecular weight excluding hydrogens is 418 g/mol. The Morgan fingerprint density at radius 2 is 1.67 bits per heavy atom. The van der Waals surface area contributed by atoms with Gasteiger partial charge in [-0.25, -0.2) is 0 Å².